The number of carbonyl (C=O) groups excluding carboxylic acids is 2. The van der Waals surface area contributed by atoms with E-state index in [2.05, 4.69) is 4.98 Å². The summed E-state index contributed by atoms with van der Waals surface area (Å²) >= 11 is 0. The molecule has 1 aliphatic rings. The fraction of sp³-hybridized carbons (Fsp3) is 0.238. The highest BCUT2D eigenvalue weighted by molar-refractivity contribution is 5.96. The smallest absolute Gasteiger partial charge is 0.355 e. The average molecular weight is 348 g/mol. The van der Waals surface area contributed by atoms with Crippen molar-refractivity contribution in [1.29, 1.82) is 0 Å². The molecule has 0 saturated carbocycles. The Balaban J connectivity index is 1.61. The van der Waals surface area contributed by atoms with Crippen LogP contribution in [0.2, 0.25) is 0 Å². The number of H-pyrrole nitrogens is 1. The van der Waals surface area contributed by atoms with E-state index >= 15 is 0 Å². The number of nitrogens with zero attached hydrogens (tertiary/aromatic N) is 1. The topological polar surface area (TPSA) is 62.4 Å². The van der Waals surface area contributed by atoms with E-state index in [9.17, 15) is 9.59 Å². The van der Waals surface area contributed by atoms with Gasteiger partial charge >= 0.3 is 5.97 Å². The zero-order valence-corrected chi connectivity index (χ0v) is 14.4. The number of rotatable bonds is 4. The Hall–Kier alpha value is -3.08. The first kappa shape index (κ1) is 16.4. The normalized spacial score (nSPS) is 15.2. The average Bonchev–Trinajstić information content (AvgIpc) is 3.35. The van der Waals surface area contributed by atoms with Gasteiger partial charge < -0.3 is 14.6 Å². The molecule has 0 aliphatic carbocycles. The second-order valence-electron chi connectivity index (χ2n) is 6.50. The number of para-hydroxylation sites is 1. The Bertz CT molecular complexity index is 894. The molecule has 5 heteroatoms. The predicted octanol–water partition coefficient (Wildman–Crippen LogP) is 3.69. The van der Waals surface area contributed by atoms with Crippen molar-refractivity contribution in [2.24, 2.45) is 0 Å². The molecular formula is C21H20N2O3. The van der Waals surface area contributed by atoms with Crippen molar-refractivity contribution >= 4 is 22.8 Å². The SMILES string of the molecule is O=C(O[C@@H](C(=O)N1CCCC1)c1ccccc1)c1cc2ccccc2[nH]1. The number of nitrogens with one attached hydrogen (secondary N) is 1. The third-order valence-electron chi connectivity index (χ3n) is 4.72. The molecule has 1 atom stereocenters. The molecule has 5 nitrogen and oxygen atoms in total. The molecule has 1 amide bonds. The van der Waals surface area contributed by atoms with Crippen LogP contribution in [-0.4, -0.2) is 34.8 Å². The van der Waals surface area contributed by atoms with Crippen molar-refractivity contribution in [2.75, 3.05) is 13.1 Å². The first-order valence-electron chi connectivity index (χ1n) is 8.85. The molecule has 0 spiro atoms. The predicted molar refractivity (Wildman–Crippen MR) is 98.7 cm³/mol. The van der Waals surface area contributed by atoms with Gasteiger partial charge in [-0.15, -0.1) is 0 Å². The van der Waals surface area contributed by atoms with Crippen LogP contribution in [-0.2, 0) is 9.53 Å². The van der Waals surface area contributed by atoms with Crippen LogP contribution in [0.15, 0.2) is 60.7 Å². The molecule has 1 fully saturated rings. The molecule has 26 heavy (non-hydrogen) atoms. The van der Waals surface area contributed by atoms with E-state index in [-0.39, 0.29) is 5.91 Å². The van der Waals surface area contributed by atoms with Gasteiger partial charge in [-0.1, -0.05) is 48.5 Å². The largest absolute Gasteiger partial charge is 0.443 e. The van der Waals surface area contributed by atoms with Crippen LogP contribution in [0.5, 0.6) is 0 Å². The molecule has 0 bridgehead atoms. The Morgan fingerprint density at radius 3 is 2.38 bits per heavy atom. The summed E-state index contributed by atoms with van der Waals surface area (Å²) in [4.78, 5) is 30.5. The van der Waals surface area contributed by atoms with Gasteiger partial charge in [0.2, 0.25) is 6.10 Å². The fourth-order valence-electron chi connectivity index (χ4n) is 3.35. The van der Waals surface area contributed by atoms with Gasteiger partial charge in [0.05, 0.1) is 0 Å². The van der Waals surface area contributed by atoms with E-state index in [1.807, 2.05) is 54.6 Å². The summed E-state index contributed by atoms with van der Waals surface area (Å²) in [6.45, 7) is 1.43. The lowest BCUT2D eigenvalue weighted by molar-refractivity contribution is -0.140. The number of fused-ring (bicyclic) bond motifs is 1. The summed E-state index contributed by atoms with van der Waals surface area (Å²) in [6, 6.07) is 18.6. The summed E-state index contributed by atoms with van der Waals surface area (Å²) in [5.74, 6) is -0.680. The van der Waals surface area contributed by atoms with E-state index in [0.717, 1.165) is 23.7 Å². The van der Waals surface area contributed by atoms with E-state index in [4.69, 9.17) is 4.74 Å². The van der Waals surface area contributed by atoms with E-state index in [1.165, 1.54) is 0 Å². The number of amides is 1. The quantitative estimate of drug-likeness (QED) is 0.732. The second kappa shape index (κ2) is 7.04. The summed E-state index contributed by atoms with van der Waals surface area (Å²) in [5.41, 5.74) is 1.90. The van der Waals surface area contributed by atoms with E-state index < -0.39 is 12.1 Å². The van der Waals surface area contributed by atoms with Crippen LogP contribution in [0.1, 0.15) is 35.0 Å². The third kappa shape index (κ3) is 3.20. The van der Waals surface area contributed by atoms with Crippen molar-refractivity contribution in [3.8, 4) is 0 Å². The Morgan fingerprint density at radius 1 is 0.962 bits per heavy atom. The third-order valence-corrected chi connectivity index (χ3v) is 4.72. The van der Waals surface area contributed by atoms with Gasteiger partial charge in [-0.3, -0.25) is 4.79 Å². The Morgan fingerprint density at radius 2 is 1.65 bits per heavy atom. The number of benzene rings is 2. The van der Waals surface area contributed by atoms with Crippen LogP contribution in [0.4, 0.5) is 0 Å². The lowest BCUT2D eigenvalue weighted by atomic mass is 10.1. The number of ether oxygens (including phenoxy) is 1. The van der Waals surface area contributed by atoms with Crippen LogP contribution in [0.25, 0.3) is 10.9 Å². The number of esters is 1. The first-order chi connectivity index (χ1) is 12.7. The zero-order chi connectivity index (χ0) is 17.9. The monoisotopic (exact) mass is 348 g/mol. The van der Waals surface area contributed by atoms with E-state index in [0.29, 0.717) is 24.3 Å². The molecule has 2 aromatic carbocycles. The van der Waals surface area contributed by atoms with Gasteiger partial charge in [-0.05, 0) is 25.0 Å². The van der Waals surface area contributed by atoms with Gasteiger partial charge in [0.25, 0.3) is 5.91 Å². The fourth-order valence-corrected chi connectivity index (χ4v) is 3.35. The zero-order valence-electron chi connectivity index (χ0n) is 14.4. The summed E-state index contributed by atoms with van der Waals surface area (Å²) < 4.78 is 5.66. The number of carbonyl (C=O) groups is 2. The number of likely N-dealkylation sites (tertiary alicyclic amines) is 1. The van der Waals surface area contributed by atoms with Crippen LogP contribution in [0, 0.1) is 0 Å². The standard InChI is InChI=1S/C21H20N2O3/c24-20(23-12-6-7-13-23)19(15-8-2-1-3-9-15)26-21(25)18-14-16-10-4-5-11-17(16)22-18/h1-5,8-11,14,19,22H,6-7,12-13H2/t19-/m1/s1. The maximum absolute atomic E-state index is 12.9. The summed E-state index contributed by atoms with van der Waals surface area (Å²) in [7, 11) is 0. The van der Waals surface area contributed by atoms with Gasteiger partial charge in [-0.25, -0.2) is 4.79 Å². The van der Waals surface area contributed by atoms with Crippen molar-refractivity contribution in [3.63, 3.8) is 0 Å². The van der Waals surface area contributed by atoms with Gasteiger partial charge in [0.1, 0.15) is 5.69 Å². The molecule has 0 radical (unpaired) electrons. The number of hydrogen-bond acceptors (Lipinski definition) is 3. The molecule has 0 unspecified atom stereocenters. The molecule has 4 rings (SSSR count). The molecule has 1 aromatic heterocycles. The lowest BCUT2D eigenvalue weighted by Crippen LogP contribution is -2.34. The number of aromatic nitrogens is 1. The molecule has 1 aliphatic heterocycles. The molecule has 3 aromatic rings. The first-order valence-corrected chi connectivity index (χ1v) is 8.85. The molecule has 1 N–H and O–H groups in total. The molecule has 132 valence electrons. The minimum atomic E-state index is -0.923. The highest BCUT2D eigenvalue weighted by Gasteiger charge is 2.31. The second-order valence-corrected chi connectivity index (χ2v) is 6.50. The van der Waals surface area contributed by atoms with Crippen molar-refractivity contribution in [1.82, 2.24) is 9.88 Å². The van der Waals surface area contributed by atoms with E-state index in [1.54, 1.807) is 11.0 Å². The van der Waals surface area contributed by atoms with Crippen LogP contribution >= 0.6 is 0 Å². The maximum atomic E-state index is 12.9. The van der Waals surface area contributed by atoms with Gasteiger partial charge in [0.15, 0.2) is 0 Å². The molecule has 1 saturated heterocycles. The minimum Gasteiger partial charge on any atom is -0.443 e. The summed E-state index contributed by atoms with van der Waals surface area (Å²) in [5, 5.41) is 0.932. The minimum absolute atomic E-state index is 0.154. The van der Waals surface area contributed by atoms with Crippen molar-refractivity contribution in [2.45, 2.75) is 18.9 Å². The van der Waals surface area contributed by atoms with Crippen molar-refractivity contribution in [3.05, 3.63) is 71.9 Å². The molecule has 2 heterocycles. The van der Waals surface area contributed by atoms with Gasteiger partial charge in [0, 0.05) is 29.6 Å². The van der Waals surface area contributed by atoms with Crippen LogP contribution in [0.3, 0.4) is 0 Å². The Labute approximate surface area is 151 Å². The molecular weight excluding hydrogens is 328 g/mol. The van der Waals surface area contributed by atoms with Crippen molar-refractivity contribution < 1.29 is 14.3 Å². The maximum Gasteiger partial charge on any atom is 0.355 e. The van der Waals surface area contributed by atoms with Crippen LogP contribution < -0.4 is 0 Å². The Kier molecular flexibility index (Phi) is 4.44. The van der Waals surface area contributed by atoms with Gasteiger partial charge in [-0.2, -0.15) is 0 Å². The highest BCUT2D eigenvalue weighted by atomic mass is 16.5. The number of hydrogen-bond donors (Lipinski definition) is 1. The number of aromatic amines is 1. The lowest BCUT2D eigenvalue weighted by Gasteiger charge is -2.23. The summed E-state index contributed by atoms with van der Waals surface area (Å²) in [6.07, 6.45) is 1.06. The highest BCUT2D eigenvalue weighted by Crippen LogP contribution is 2.25.